The average Bonchev–Trinajstić information content (AvgIpc) is 2.65. The van der Waals surface area contributed by atoms with Crippen molar-refractivity contribution in [2.45, 2.75) is 0 Å². The van der Waals surface area contributed by atoms with Crippen molar-refractivity contribution in [3.8, 4) is 5.88 Å². The molecule has 3 heterocycles. The van der Waals surface area contributed by atoms with Crippen LogP contribution in [0.3, 0.4) is 0 Å². The summed E-state index contributed by atoms with van der Waals surface area (Å²) < 4.78 is 5.69. The maximum Gasteiger partial charge on any atom is 0.205 e. The molecule has 3 heteroatoms. The molecule has 1 aliphatic heterocycles. The predicted octanol–water partition coefficient (Wildman–Crippen LogP) is 1.52. The summed E-state index contributed by atoms with van der Waals surface area (Å²) in [6.45, 7) is 0. The molecule has 1 aromatic carbocycles. The van der Waals surface area contributed by atoms with Crippen LogP contribution in [0, 0.1) is 0 Å². The molecule has 0 atom stereocenters. The fourth-order valence-corrected chi connectivity index (χ4v) is 2.30. The van der Waals surface area contributed by atoms with E-state index in [0.717, 1.165) is 32.9 Å². The number of fused-ring (bicyclic) bond motifs is 4. The highest BCUT2D eigenvalue weighted by Crippen LogP contribution is 2.29. The Kier molecular flexibility index (Phi) is 1.83. The first-order valence-corrected chi connectivity index (χ1v) is 5.82. The lowest BCUT2D eigenvalue weighted by Crippen LogP contribution is -2.27. The first kappa shape index (κ1) is 9.48. The zero-order chi connectivity index (χ0) is 11.9. The maximum absolute atomic E-state index is 5.69. The normalized spacial score (nSPS) is 12.7. The van der Waals surface area contributed by atoms with Crippen LogP contribution in [0.25, 0.3) is 23.2 Å². The molecule has 1 N–H and O–H groups in total. The Bertz CT molecular complexity index is 862. The van der Waals surface area contributed by atoms with E-state index in [2.05, 4.69) is 22.1 Å². The molecule has 0 fully saturated rings. The van der Waals surface area contributed by atoms with Gasteiger partial charge in [0.15, 0.2) is 0 Å². The number of nitrogens with zero attached hydrogens (tertiary/aromatic N) is 1. The molecule has 0 saturated carbocycles. The van der Waals surface area contributed by atoms with Crippen LogP contribution in [-0.2, 0) is 0 Å². The quantitative estimate of drug-likeness (QED) is 0.640. The molecule has 0 unspecified atom stereocenters. The van der Waals surface area contributed by atoms with Crippen LogP contribution in [0.4, 0.5) is 0 Å². The molecule has 86 valence electrons. The van der Waals surface area contributed by atoms with Crippen molar-refractivity contribution in [1.29, 1.82) is 0 Å². The van der Waals surface area contributed by atoms with E-state index < -0.39 is 0 Å². The van der Waals surface area contributed by atoms with Crippen LogP contribution in [0.5, 0.6) is 5.88 Å². The van der Waals surface area contributed by atoms with Crippen molar-refractivity contribution in [3.05, 3.63) is 58.7 Å². The Morgan fingerprint density at radius 1 is 1.06 bits per heavy atom. The largest absolute Gasteiger partial charge is 0.446 e. The Labute approximate surface area is 103 Å². The van der Waals surface area contributed by atoms with Gasteiger partial charge in [-0.25, -0.2) is 0 Å². The third kappa shape index (κ3) is 1.27. The number of hydrogen-bond acceptors (Lipinski definition) is 2. The molecular formula is C15H10N2O. The van der Waals surface area contributed by atoms with Crippen LogP contribution in [-0.4, -0.2) is 9.97 Å². The Hall–Kier alpha value is -2.55. The van der Waals surface area contributed by atoms with Gasteiger partial charge in [0.1, 0.15) is 11.6 Å². The SMILES string of the molecule is C1=c2cccnc2=COc2[nH]c3ccccc3c21. The lowest BCUT2D eigenvalue weighted by molar-refractivity contribution is 0.520. The van der Waals surface area contributed by atoms with E-state index in [9.17, 15) is 0 Å². The number of para-hydroxylation sites is 1. The minimum Gasteiger partial charge on any atom is -0.446 e. The molecule has 18 heavy (non-hydrogen) atoms. The van der Waals surface area contributed by atoms with Crippen molar-refractivity contribution in [2.75, 3.05) is 0 Å². The minimum absolute atomic E-state index is 0.772. The summed E-state index contributed by atoms with van der Waals surface area (Å²) in [6.07, 6.45) is 5.57. The van der Waals surface area contributed by atoms with Gasteiger partial charge in [-0.2, -0.15) is 0 Å². The summed E-state index contributed by atoms with van der Waals surface area (Å²) >= 11 is 0. The highest BCUT2D eigenvalue weighted by Gasteiger charge is 2.11. The molecule has 4 rings (SSSR count). The van der Waals surface area contributed by atoms with Gasteiger partial charge in [0.2, 0.25) is 5.88 Å². The standard InChI is InChI=1S/C15H10N2O/c1-2-6-13-11(5-1)12-8-10-4-3-7-16-14(10)9-18-15(12)17-13/h1-9,17H. The van der Waals surface area contributed by atoms with Gasteiger partial charge in [0.25, 0.3) is 0 Å². The fourth-order valence-electron chi connectivity index (χ4n) is 2.30. The Morgan fingerprint density at radius 2 is 2.00 bits per heavy atom. The number of hydrogen-bond donors (Lipinski definition) is 1. The number of nitrogens with one attached hydrogen (secondary N) is 1. The number of H-pyrrole nitrogens is 1. The molecule has 0 bridgehead atoms. The summed E-state index contributed by atoms with van der Waals surface area (Å²) in [6, 6.07) is 12.2. The van der Waals surface area contributed by atoms with Gasteiger partial charge in [-0.1, -0.05) is 24.3 Å². The van der Waals surface area contributed by atoms with Crippen molar-refractivity contribution in [2.24, 2.45) is 0 Å². The summed E-state index contributed by atoms with van der Waals surface area (Å²) in [5.74, 6) is 0.772. The van der Waals surface area contributed by atoms with E-state index in [-0.39, 0.29) is 0 Å². The second kappa shape index (κ2) is 3.47. The molecular weight excluding hydrogens is 224 g/mol. The minimum atomic E-state index is 0.772. The molecule has 1 aliphatic rings. The fraction of sp³-hybridized carbons (Fsp3) is 0. The molecule has 0 radical (unpaired) electrons. The zero-order valence-corrected chi connectivity index (χ0v) is 9.55. The number of benzene rings is 1. The summed E-state index contributed by atoms with van der Waals surface area (Å²) in [7, 11) is 0. The van der Waals surface area contributed by atoms with Crippen LogP contribution < -0.4 is 15.3 Å². The van der Waals surface area contributed by atoms with Crippen molar-refractivity contribution >= 4 is 23.2 Å². The van der Waals surface area contributed by atoms with E-state index in [0.29, 0.717) is 0 Å². The van der Waals surface area contributed by atoms with Gasteiger partial charge in [0.05, 0.1) is 0 Å². The third-order valence-corrected chi connectivity index (χ3v) is 3.17. The summed E-state index contributed by atoms with van der Waals surface area (Å²) in [4.78, 5) is 7.57. The number of aromatic amines is 1. The van der Waals surface area contributed by atoms with E-state index in [1.165, 1.54) is 0 Å². The van der Waals surface area contributed by atoms with Gasteiger partial charge in [-0.05, 0) is 18.2 Å². The Balaban J connectivity index is 2.14. The molecule has 0 saturated heterocycles. The molecule has 3 nitrogen and oxygen atoms in total. The van der Waals surface area contributed by atoms with Gasteiger partial charge < -0.3 is 9.72 Å². The van der Waals surface area contributed by atoms with Crippen LogP contribution in [0.1, 0.15) is 5.56 Å². The third-order valence-electron chi connectivity index (χ3n) is 3.17. The van der Waals surface area contributed by atoms with E-state index in [4.69, 9.17) is 4.74 Å². The second-order valence-corrected chi connectivity index (χ2v) is 4.27. The first-order valence-electron chi connectivity index (χ1n) is 5.82. The van der Waals surface area contributed by atoms with E-state index in [1.807, 2.05) is 30.3 Å². The Morgan fingerprint density at radius 3 is 3.00 bits per heavy atom. The molecule has 0 spiro atoms. The second-order valence-electron chi connectivity index (χ2n) is 4.27. The lowest BCUT2D eigenvalue weighted by Gasteiger charge is -1.95. The maximum atomic E-state index is 5.69. The number of aromatic nitrogens is 2. The number of ether oxygens (including phenoxy) is 1. The van der Waals surface area contributed by atoms with Crippen LogP contribution in [0.15, 0.2) is 42.6 Å². The molecule has 0 aliphatic carbocycles. The summed E-state index contributed by atoms with van der Waals surface area (Å²) in [5.41, 5.74) is 2.16. The molecule has 0 amide bonds. The average molecular weight is 234 g/mol. The highest BCUT2D eigenvalue weighted by atomic mass is 16.5. The smallest absolute Gasteiger partial charge is 0.205 e. The van der Waals surface area contributed by atoms with Crippen molar-refractivity contribution in [3.63, 3.8) is 0 Å². The van der Waals surface area contributed by atoms with Crippen LogP contribution in [0.2, 0.25) is 0 Å². The van der Waals surface area contributed by atoms with E-state index >= 15 is 0 Å². The van der Waals surface area contributed by atoms with Gasteiger partial charge >= 0.3 is 0 Å². The van der Waals surface area contributed by atoms with Crippen LogP contribution >= 0.6 is 0 Å². The van der Waals surface area contributed by atoms with Gasteiger partial charge in [-0.15, -0.1) is 0 Å². The van der Waals surface area contributed by atoms with Crippen molar-refractivity contribution in [1.82, 2.24) is 9.97 Å². The lowest BCUT2D eigenvalue weighted by atomic mass is 10.1. The summed E-state index contributed by atoms with van der Waals surface area (Å²) in [5, 5.41) is 3.09. The molecule has 2 aromatic heterocycles. The monoisotopic (exact) mass is 234 g/mol. The number of pyridine rings is 1. The van der Waals surface area contributed by atoms with E-state index in [1.54, 1.807) is 12.5 Å². The first-order chi connectivity index (χ1) is 8.92. The molecule has 3 aromatic rings. The topological polar surface area (TPSA) is 37.9 Å². The highest BCUT2D eigenvalue weighted by molar-refractivity contribution is 5.92. The van der Waals surface area contributed by atoms with Gasteiger partial charge in [0, 0.05) is 27.9 Å². The van der Waals surface area contributed by atoms with Gasteiger partial charge in [-0.3, -0.25) is 4.98 Å². The van der Waals surface area contributed by atoms with Crippen molar-refractivity contribution < 1.29 is 4.74 Å². The predicted molar refractivity (Wildman–Crippen MR) is 70.4 cm³/mol. The zero-order valence-electron chi connectivity index (χ0n) is 9.55. The number of rotatable bonds is 0.